The van der Waals surface area contributed by atoms with Gasteiger partial charge in [-0.15, -0.1) is 0 Å². The number of carboxylic acid groups (broad SMARTS) is 1. The normalized spacial score (nSPS) is 10.2. The average molecular weight is 392 g/mol. The summed E-state index contributed by atoms with van der Waals surface area (Å²) in [6.07, 6.45) is -0.0686. The maximum absolute atomic E-state index is 12.4. The first-order chi connectivity index (χ1) is 13.9. The molecule has 2 N–H and O–H groups in total. The Kier molecular flexibility index (Phi) is 5.84. The van der Waals surface area contributed by atoms with E-state index in [0.29, 0.717) is 17.1 Å². The van der Waals surface area contributed by atoms with Crippen molar-refractivity contribution in [1.29, 1.82) is 0 Å². The number of carbonyl (C=O) groups excluding carboxylic acids is 1. The predicted molar refractivity (Wildman–Crippen MR) is 105 cm³/mol. The summed E-state index contributed by atoms with van der Waals surface area (Å²) < 4.78 is 5.68. The van der Waals surface area contributed by atoms with Crippen LogP contribution in [0, 0.1) is 10.1 Å². The molecule has 1 amide bonds. The fraction of sp³-hybridized carbons (Fsp3) is 0.0476. The van der Waals surface area contributed by atoms with Crippen LogP contribution in [0.15, 0.2) is 72.8 Å². The number of ether oxygens (including phenoxy) is 1. The third-order valence-corrected chi connectivity index (χ3v) is 3.99. The molecule has 0 aliphatic rings. The highest BCUT2D eigenvalue weighted by atomic mass is 16.6. The Bertz CT molecular complexity index is 1050. The molecular weight excluding hydrogens is 376 g/mol. The topological polar surface area (TPSA) is 119 Å². The maximum Gasteiger partial charge on any atom is 0.337 e. The smallest absolute Gasteiger partial charge is 0.337 e. The minimum absolute atomic E-state index is 0.0686. The SMILES string of the molecule is O=C(Cc1ccc([N+](=O)[O-])cc1)Nc1cc(Oc2ccccc2)ccc1C(=O)O. The minimum Gasteiger partial charge on any atom is -0.478 e. The summed E-state index contributed by atoms with van der Waals surface area (Å²) in [5.74, 6) is -0.717. The Balaban J connectivity index is 1.76. The number of nitrogens with zero attached hydrogens (tertiary/aromatic N) is 1. The van der Waals surface area contributed by atoms with Crippen LogP contribution in [0.3, 0.4) is 0 Å². The van der Waals surface area contributed by atoms with E-state index in [1.807, 2.05) is 6.07 Å². The lowest BCUT2D eigenvalue weighted by atomic mass is 10.1. The monoisotopic (exact) mass is 392 g/mol. The third-order valence-electron chi connectivity index (χ3n) is 3.99. The van der Waals surface area contributed by atoms with Crippen molar-refractivity contribution < 1.29 is 24.4 Å². The van der Waals surface area contributed by atoms with Gasteiger partial charge in [-0.3, -0.25) is 14.9 Å². The molecule has 146 valence electrons. The standard InChI is InChI=1S/C21H16N2O6/c24-20(12-14-6-8-15(9-7-14)23(27)28)22-19-13-17(10-11-18(19)21(25)26)29-16-4-2-1-3-5-16/h1-11,13H,12H2,(H,22,24)(H,25,26). The number of carbonyl (C=O) groups is 2. The molecule has 8 nitrogen and oxygen atoms in total. The summed E-state index contributed by atoms with van der Waals surface area (Å²) in [6.45, 7) is 0. The van der Waals surface area contributed by atoms with Gasteiger partial charge in [0.05, 0.1) is 22.6 Å². The highest BCUT2D eigenvalue weighted by Crippen LogP contribution is 2.27. The Morgan fingerprint density at radius 3 is 2.28 bits per heavy atom. The number of hydrogen-bond acceptors (Lipinski definition) is 5. The second-order valence-corrected chi connectivity index (χ2v) is 6.08. The number of nitro benzene ring substituents is 1. The van der Waals surface area contributed by atoms with Crippen molar-refractivity contribution in [2.24, 2.45) is 0 Å². The van der Waals surface area contributed by atoms with Gasteiger partial charge in [0.25, 0.3) is 5.69 Å². The Labute approximate surface area is 165 Å². The molecular formula is C21H16N2O6. The van der Waals surface area contributed by atoms with Crippen LogP contribution in [0.25, 0.3) is 0 Å². The zero-order chi connectivity index (χ0) is 20.8. The molecule has 0 aromatic heterocycles. The quantitative estimate of drug-likeness (QED) is 0.458. The zero-order valence-corrected chi connectivity index (χ0v) is 15.1. The molecule has 0 spiro atoms. The first-order valence-corrected chi connectivity index (χ1v) is 8.56. The second kappa shape index (κ2) is 8.66. The van der Waals surface area contributed by atoms with Crippen molar-refractivity contribution in [2.45, 2.75) is 6.42 Å². The molecule has 0 saturated carbocycles. The molecule has 0 saturated heterocycles. The molecule has 0 aliphatic heterocycles. The number of hydrogen-bond donors (Lipinski definition) is 2. The third kappa shape index (κ3) is 5.16. The van der Waals surface area contributed by atoms with E-state index in [2.05, 4.69) is 5.32 Å². The number of rotatable bonds is 7. The molecule has 0 atom stereocenters. The number of benzene rings is 3. The van der Waals surface area contributed by atoms with E-state index in [4.69, 9.17) is 4.74 Å². The molecule has 0 unspecified atom stereocenters. The second-order valence-electron chi connectivity index (χ2n) is 6.08. The number of amides is 1. The average Bonchev–Trinajstić information content (AvgIpc) is 2.69. The molecule has 0 bridgehead atoms. The van der Waals surface area contributed by atoms with E-state index in [9.17, 15) is 24.8 Å². The highest BCUT2D eigenvalue weighted by molar-refractivity contribution is 6.01. The van der Waals surface area contributed by atoms with Gasteiger partial charge in [0.2, 0.25) is 5.91 Å². The number of carboxylic acids is 1. The first kappa shape index (κ1) is 19.6. The number of non-ortho nitro benzene ring substituents is 1. The molecule has 8 heteroatoms. The van der Waals surface area contributed by atoms with E-state index in [1.54, 1.807) is 24.3 Å². The van der Waals surface area contributed by atoms with E-state index >= 15 is 0 Å². The summed E-state index contributed by atoms with van der Waals surface area (Å²) in [4.78, 5) is 34.0. The van der Waals surface area contributed by atoms with Crippen molar-refractivity contribution in [3.8, 4) is 11.5 Å². The van der Waals surface area contributed by atoms with Gasteiger partial charge in [0.1, 0.15) is 11.5 Å². The summed E-state index contributed by atoms with van der Waals surface area (Å²) in [5.41, 5.74) is 0.495. The fourth-order valence-electron chi connectivity index (χ4n) is 2.62. The van der Waals surface area contributed by atoms with Crippen LogP contribution >= 0.6 is 0 Å². The molecule has 0 aliphatic carbocycles. The van der Waals surface area contributed by atoms with E-state index in [1.165, 1.54) is 42.5 Å². The van der Waals surface area contributed by atoms with Crippen LogP contribution in [0.4, 0.5) is 11.4 Å². The summed E-state index contributed by atoms with van der Waals surface area (Å²) in [6, 6.07) is 18.8. The number of aromatic carboxylic acids is 1. The Morgan fingerprint density at radius 1 is 0.966 bits per heavy atom. The van der Waals surface area contributed by atoms with E-state index in [-0.39, 0.29) is 23.4 Å². The van der Waals surface area contributed by atoms with Crippen LogP contribution < -0.4 is 10.1 Å². The van der Waals surface area contributed by atoms with Gasteiger partial charge in [0.15, 0.2) is 0 Å². The van der Waals surface area contributed by atoms with Gasteiger partial charge in [-0.25, -0.2) is 4.79 Å². The van der Waals surface area contributed by atoms with Crippen LogP contribution in [-0.2, 0) is 11.2 Å². The molecule has 3 rings (SSSR count). The minimum atomic E-state index is -1.19. The van der Waals surface area contributed by atoms with Crippen molar-refractivity contribution in [2.75, 3.05) is 5.32 Å². The Morgan fingerprint density at radius 2 is 1.66 bits per heavy atom. The Hall–Kier alpha value is -4.20. The largest absolute Gasteiger partial charge is 0.478 e. The van der Waals surface area contributed by atoms with Crippen molar-refractivity contribution in [1.82, 2.24) is 0 Å². The molecule has 0 radical (unpaired) electrons. The molecule has 3 aromatic carbocycles. The summed E-state index contributed by atoms with van der Waals surface area (Å²) in [5, 5.41) is 22.6. The van der Waals surface area contributed by atoms with Crippen LogP contribution in [0.5, 0.6) is 11.5 Å². The number of anilines is 1. The lowest BCUT2D eigenvalue weighted by Gasteiger charge is -2.12. The van der Waals surface area contributed by atoms with E-state index < -0.39 is 16.8 Å². The van der Waals surface area contributed by atoms with Gasteiger partial charge < -0.3 is 15.2 Å². The summed E-state index contributed by atoms with van der Waals surface area (Å²) >= 11 is 0. The molecule has 0 heterocycles. The number of nitro groups is 1. The predicted octanol–water partition coefficient (Wildman–Crippen LogP) is 4.27. The van der Waals surface area contributed by atoms with Crippen molar-refractivity contribution in [3.05, 3.63) is 94.0 Å². The van der Waals surface area contributed by atoms with E-state index in [0.717, 1.165) is 0 Å². The van der Waals surface area contributed by atoms with Gasteiger partial charge in [-0.2, -0.15) is 0 Å². The van der Waals surface area contributed by atoms with Crippen LogP contribution in [0.1, 0.15) is 15.9 Å². The number of para-hydroxylation sites is 1. The first-order valence-electron chi connectivity index (χ1n) is 8.56. The lowest BCUT2D eigenvalue weighted by molar-refractivity contribution is -0.384. The van der Waals surface area contributed by atoms with Gasteiger partial charge in [0, 0.05) is 18.2 Å². The van der Waals surface area contributed by atoms with Crippen LogP contribution in [0.2, 0.25) is 0 Å². The van der Waals surface area contributed by atoms with Crippen LogP contribution in [-0.4, -0.2) is 21.9 Å². The number of nitrogens with one attached hydrogen (secondary N) is 1. The molecule has 29 heavy (non-hydrogen) atoms. The lowest BCUT2D eigenvalue weighted by Crippen LogP contribution is -2.17. The zero-order valence-electron chi connectivity index (χ0n) is 15.1. The van der Waals surface area contributed by atoms with Gasteiger partial charge in [-0.05, 0) is 29.8 Å². The van der Waals surface area contributed by atoms with Crippen molar-refractivity contribution in [3.63, 3.8) is 0 Å². The van der Waals surface area contributed by atoms with Gasteiger partial charge in [-0.1, -0.05) is 30.3 Å². The maximum atomic E-state index is 12.4. The fourth-order valence-corrected chi connectivity index (χ4v) is 2.62. The van der Waals surface area contributed by atoms with Gasteiger partial charge >= 0.3 is 5.97 Å². The van der Waals surface area contributed by atoms with Crippen molar-refractivity contribution >= 4 is 23.3 Å². The highest BCUT2D eigenvalue weighted by Gasteiger charge is 2.15. The molecule has 3 aromatic rings. The summed E-state index contributed by atoms with van der Waals surface area (Å²) in [7, 11) is 0. The molecule has 0 fully saturated rings.